The van der Waals surface area contributed by atoms with Crippen molar-refractivity contribution in [1.82, 2.24) is 4.98 Å². The van der Waals surface area contributed by atoms with Crippen LogP contribution in [0.15, 0.2) is 55.0 Å². The second-order valence-electron chi connectivity index (χ2n) is 4.02. The average molecular weight is 451 g/mol. The van der Waals surface area contributed by atoms with Crippen molar-refractivity contribution in [3.05, 3.63) is 66.6 Å². The van der Waals surface area contributed by atoms with Crippen LogP contribution in [0, 0.1) is 11.6 Å². The summed E-state index contributed by atoms with van der Waals surface area (Å²) in [6.07, 6.45) is 4.43. The molecule has 1 radical (unpaired) electrons. The van der Waals surface area contributed by atoms with Gasteiger partial charge in [-0.2, -0.15) is 0 Å². The molecule has 7 heteroatoms. The average Bonchev–Trinajstić information content (AvgIpc) is 2.89. The van der Waals surface area contributed by atoms with E-state index < -0.39 is 11.6 Å². The maximum atomic E-state index is 13.6. The standard InChI is InChI=1S/C13H9BF2N3.Pt/c15-10-8-12(16)13(17-9-10)19-7-6-18(14-19)11-4-2-1-3-5-11;/h1-9H;. The van der Waals surface area contributed by atoms with E-state index in [0.717, 1.165) is 18.0 Å². The van der Waals surface area contributed by atoms with Crippen LogP contribution in [0.5, 0.6) is 0 Å². The first-order chi connectivity index (χ1) is 9.24. The Balaban J connectivity index is 0.00000147. The fraction of sp³-hybridized carbons (Fsp3) is 0. The SMILES string of the molecule is Fc1cnc(N2[B]N(c3ccccc3)C=C2)c(F)c1.[Pt]. The van der Waals surface area contributed by atoms with E-state index in [0.29, 0.717) is 0 Å². The summed E-state index contributed by atoms with van der Waals surface area (Å²) in [7, 11) is 1.68. The Bertz CT molecular complexity index is 624. The molecule has 3 nitrogen and oxygen atoms in total. The minimum Gasteiger partial charge on any atom is -0.374 e. The molecule has 2 aromatic rings. The van der Waals surface area contributed by atoms with E-state index in [4.69, 9.17) is 0 Å². The Morgan fingerprint density at radius 2 is 1.70 bits per heavy atom. The smallest absolute Gasteiger partial charge is 0.374 e. The monoisotopic (exact) mass is 451 g/mol. The number of para-hydroxylation sites is 1. The minimum atomic E-state index is -0.698. The van der Waals surface area contributed by atoms with Gasteiger partial charge in [0.2, 0.25) is 0 Å². The number of hydrogen-bond donors (Lipinski definition) is 0. The van der Waals surface area contributed by atoms with E-state index >= 15 is 0 Å². The molecule has 1 aromatic carbocycles. The zero-order valence-electron chi connectivity index (χ0n) is 10.2. The zero-order valence-corrected chi connectivity index (χ0v) is 12.5. The topological polar surface area (TPSA) is 19.4 Å². The fourth-order valence-corrected chi connectivity index (χ4v) is 1.83. The molecule has 0 N–H and O–H groups in total. The number of halogens is 2. The van der Waals surface area contributed by atoms with Gasteiger partial charge in [-0.15, -0.1) is 0 Å². The number of benzene rings is 1. The van der Waals surface area contributed by atoms with Crippen molar-refractivity contribution in [2.75, 3.05) is 9.62 Å². The molecule has 0 bridgehead atoms. The molecule has 0 atom stereocenters. The molecular weight excluding hydrogens is 442 g/mol. The molecule has 2 heterocycles. The maximum absolute atomic E-state index is 13.6. The van der Waals surface area contributed by atoms with Crippen LogP contribution in [0.4, 0.5) is 20.3 Å². The van der Waals surface area contributed by atoms with Gasteiger partial charge < -0.3 is 9.62 Å². The Kier molecular flexibility index (Phi) is 4.55. The van der Waals surface area contributed by atoms with Crippen molar-refractivity contribution >= 4 is 19.1 Å². The van der Waals surface area contributed by atoms with E-state index in [1.54, 1.807) is 19.9 Å². The Morgan fingerprint density at radius 3 is 2.40 bits per heavy atom. The number of nitrogens with zero attached hydrogens (tertiary/aromatic N) is 3. The summed E-state index contributed by atoms with van der Waals surface area (Å²) in [4.78, 5) is 7.08. The van der Waals surface area contributed by atoms with Crippen LogP contribution >= 0.6 is 0 Å². The Morgan fingerprint density at radius 1 is 1.00 bits per heavy atom. The summed E-state index contributed by atoms with van der Waals surface area (Å²) in [5.74, 6) is -1.32. The van der Waals surface area contributed by atoms with Gasteiger partial charge in [0.25, 0.3) is 0 Å². The molecule has 1 aliphatic heterocycles. The number of aromatic nitrogens is 1. The van der Waals surface area contributed by atoms with Crippen LogP contribution in [0.2, 0.25) is 0 Å². The molecule has 0 aliphatic carbocycles. The van der Waals surface area contributed by atoms with Crippen molar-refractivity contribution in [1.29, 1.82) is 0 Å². The third-order valence-corrected chi connectivity index (χ3v) is 2.72. The van der Waals surface area contributed by atoms with Gasteiger partial charge in [-0.05, 0) is 12.1 Å². The van der Waals surface area contributed by atoms with E-state index in [2.05, 4.69) is 4.98 Å². The van der Waals surface area contributed by atoms with Crippen LogP contribution < -0.4 is 9.62 Å². The first kappa shape index (κ1) is 14.7. The van der Waals surface area contributed by atoms with Crippen LogP contribution in [-0.2, 0) is 21.1 Å². The fourth-order valence-electron chi connectivity index (χ4n) is 1.83. The molecule has 1 aromatic heterocycles. The maximum Gasteiger partial charge on any atom is 0.401 e. The van der Waals surface area contributed by atoms with Crippen LogP contribution in [0.1, 0.15) is 0 Å². The van der Waals surface area contributed by atoms with E-state index in [1.165, 1.54) is 4.81 Å². The molecule has 3 rings (SSSR count). The summed E-state index contributed by atoms with van der Waals surface area (Å²) in [6.45, 7) is 0. The molecule has 103 valence electrons. The number of anilines is 2. The van der Waals surface area contributed by atoms with Gasteiger partial charge in [-0.3, -0.25) is 0 Å². The normalized spacial score (nSPS) is 13.1. The van der Waals surface area contributed by atoms with Crippen LogP contribution in [-0.4, -0.2) is 12.5 Å². The van der Waals surface area contributed by atoms with Gasteiger partial charge in [-0.1, -0.05) is 18.2 Å². The minimum absolute atomic E-state index is 0. The van der Waals surface area contributed by atoms with Gasteiger partial charge in [0, 0.05) is 45.2 Å². The molecule has 0 unspecified atom stereocenters. The van der Waals surface area contributed by atoms with Gasteiger partial charge >= 0.3 is 7.55 Å². The van der Waals surface area contributed by atoms with Gasteiger partial charge in [0.1, 0.15) is 5.82 Å². The largest absolute Gasteiger partial charge is 0.401 e. The number of rotatable bonds is 2. The second-order valence-corrected chi connectivity index (χ2v) is 4.02. The van der Waals surface area contributed by atoms with Crippen molar-refractivity contribution in [2.45, 2.75) is 0 Å². The van der Waals surface area contributed by atoms with Gasteiger partial charge in [-0.25, -0.2) is 13.8 Å². The van der Waals surface area contributed by atoms with Crippen molar-refractivity contribution in [3.8, 4) is 0 Å². The molecule has 0 spiro atoms. The molecule has 1 aliphatic rings. The zero-order chi connectivity index (χ0) is 13.2. The van der Waals surface area contributed by atoms with E-state index in [9.17, 15) is 8.78 Å². The summed E-state index contributed by atoms with van der Waals surface area (Å²) in [6, 6.07) is 10.4. The summed E-state index contributed by atoms with van der Waals surface area (Å²) in [5, 5.41) is 0. The number of hydrogen-bond acceptors (Lipinski definition) is 3. The molecule has 0 saturated carbocycles. The quantitative estimate of drug-likeness (QED) is 0.656. The summed E-state index contributed by atoms with van der Waals surface area (Å²) in [5.41, 5.74) is 0.948. The van der Waals surface area contributed by atoms with Gasteiger partial charge in [0.05, 0.1) is 6.20 Å². The van der Waals surface area contributed by atoms with Crippen molar-refractivity contribution < 1.29 is 29.8 Å². The second kappa shape index (κ2) is 6.18. The predicted octanol–water partition coefficient (Wildman–Crippen LogP) is 2.69. The molecule has 0 fully saturated rings. The van der Waals surface area contributed by atoms with Crippen LogP contribution in [0.25, 0.3) is 0 Å². The third-order valence-electron chi connectivity index (χ3n) is 2.72. The summed E-state index contributed by atoms with van der Waals surface area (Å²) >= 11 is 0. The Hall–Kier alpha value is -1.68. The Labute approximate surface area is 130 Å². The van der Waals surface area contributed by atoms with Crippen molar-refractivity contribution in [2.24, 2.45) is 0 Å². The molecule has 0 saturated heterocycles. The predicted molar refractivity (Wildman–Crippen MR) is 70.4 cm³/mol. The van der Waals surface area contributed by atoms with Crippen LogP contribution in [0.3, 0.4) is 0 Å². The summed E-state index contributed by atoms with van der Waals surface area (Å²) < 4.78 is 26.4. The molecule has 20 heavy (non-hydrogen) atoms. The number of pyridine rings is 1. The first-order valence-electron chi connectivity index (χ1n) is 5.70. The first-order valence-corrected chi connectivity index (χ1v) is 5.70. The van der Waals surface area contributed by atoms with E-state index in [-0.39, 0.29) is 26.9 Å². The van der Waals surface area contributed by atoms with E-state index in [1.807, 2.05) is 35.1 Å². The van der Waals surface area contributed by atoms with Crippen molar-refractivity contribution in [3.63, 3.8) is 0 Å². The van der Waals surface area contributed by atoms with Gasteiger partial charge in [0.15, 0.2) is 11.6 Å². The molecule has 0 amide bonds. The third kappa shape index (κ3) is 2.90. The molecular formula is C13H9BF2N3Pt.